The molecule has 1 heterocycles. The molecule has 0 atom stereocenters. The summed E-state index contributed by atoms with van der Waals surface area (Å²) in [7, 11) is 1.31. The van der Waals surface area contributed by atoms with Gasteiger partial charge in [-0.15, -0.1) is 0 Å². The molecule has 0 saturated carbocycles. The summed E-state index contributed by atoms with van der Waals surface area (Å²) in [6.07, 6.45) is 1.47. The van der Waals surface area contributed by atoms with E-state index in [-0.39, 0.29) is 10.7 Å². The molecule has 1 aromatic heterocycles. The average Bonchev–Trinajstić information content (AvgIpc) is 2.70. The van der Waals surface area contributed by atoms with Crippen LogP contribution in [0.25, 0.3) is 0 Å². The normalized spacial score (nSPS) is 10.2. The highest BCUT2D eigenvalue weighted by Crippen LogP contribution is 2.21. The standard InChI is InChI=1S/C20H15ClFN3O3/c1-28-20(27)12-3-2-4-13(9-12)24-15-7-8-23-18(11-15)19(26)25-14-5-6-17(22)16(21)10-14/h2-11H,1H3,(H,23,24)(H,25,26). The summed E-state index contributed by atoms with van der Waals surface area (Å²) in [5.41, 5.74) is 2.13. The van der Waals surface area contributed by atoms with Gasteiger partial charge in [0.1, 0.15) is 11.5 Å². The third-order valence-corrected chi connectivity index (χ3v) is 4.03. The first-order valence-corrected chi connectivity index (χ1v) is 8.52. The fourth-order valence-electron chi connectivity index (χ4n) is 2.41. The Morgan fingerprint density at radius 2 is 1.82 bits per heavy atom. The maximum atomic E-state index is 13.2. The van der Waals surface area contributed by atoms with Crippen LogP contribution in [0.3, 0.4) is 0 Å². The zero-order chi connectivity index (χ0) is 20.1. The number of methoxy groups -OCH3 is 1. The number of anilines is 3. The van der Waals surface area contributed by atoms with Gasteiger partial charge in [0.05, 0.1) is 17.7 Å². The SMILES string of the molecule is COC(=O)c1cccc(Nc2ccnc(C(=O)Nc3ccc(F)c(Cl)c3)c2)c1. The number of aromatic nitrogens is 1. The van der Waals surface area contributed by atoms with Crippen LogP contribution in [0.5, 0.6) is 0 Å². The number of hydrogen-bond acceptors (Lipinski definition) is 5. The van der Waals surface area contributed by atoms with Crippen molar-refractivity contribution < 1.29 is 18.7 Å². The van der Waals surface area contributed by atoms with Crippen molar-refractivity contribution in [2.45, 2.75) is 0 Å². The van der Waals surface area contributed by atoms with Crippen LogP contribution < -0.4 is 10.6 Å². The number of pyridine rings is 1. The summed E-state index contributed by atoms with van der Waals surface area (Å²) >= 11 is 5.72. The summed E-state index contributed by atoms with van der Waals surface area (Å²) in [4.78, 5) is 28.1. The van der Waals surface area contributed by atoms with Crippen molar-refractivity contribution >= 4 is 40.5 Å². The Morgan fingerprint density at radius 3 is 2.57 bits per heavy atom. The Labute approximate surface area is 165 Å². The zero-order valence-electron chi connectivity index (χ0n) is 14.7. The van der Waals surface area contributed by atoms with Crippen molar-refractivity contribution in [3.63, 3.8) is 0 Å². The third-order valence-electron chi connectivity index (χ3n) is 3.74. The van der Waals surface area contributed by atoms with E-state index in [4.69, 9.17) is 16.3 Å². The molecule has 2 aromatic carbocycles. The maximum Gasteiger partial charge on any atom is 0.337 e. The highest BCUT2D eigenvalue weighted by atomic mass is 35.5. The van der Waals surface area contributed by atoms with Crippen molar-refractivity contribution in [1.82, 2.24) is 4.98 Å². The first-order chi connectivity index (χ1) is 13.5. The lowest BCUT2D eigenvalue weighted by Gasteiger charge is -2.10. The molecule has 0 aliphatic carbocycles. The van der Waals surface area contributed by atoms with E-state index in [1.165, 1.54) is 25.4 Å². The highest BCUT2D eigenvalue weighted by molar-refractivity contribution is 6.31. The minimum absolute atomic E-state index is 0.0911. The Bertz CT molecular complexity index is 1040. The average molecular weight is 400 g/mol. The van der Waals surface area contributed by atoms with Gasteiger partial charge >= 0.3 is 5.97 Å². The summed E-state index contributed by atoms with van der Waals surface area (Å²) in [6, 6.07) is 13.9. The molecular weight excluding hydrogens is 385 g/mol. The zero-order valence-corrected chi connectivity index (χ0v) is 15.5. The van der Waals surface area contributed by atoms with Gasteiger partial charge in [0.25, 0.3) is 5.91 Å². The molecule has 0 fully saturated rings. The molecule has 28 heavy (non-hydrogen) atoms. The van der Waals surface area contributed by atoms with Crippen molar-refractivity contribution in [2.75, 3.05) is 17.7 Å². The van der Waals surface area contributed by atoms with Gasteiger partial charge in [0, 0.05) is 23.3 Å². The number of nitrogens with one attached hydrogen (secondary N) is 2. The summed E-state index contributed by atoms with van der Waals surface area (Å²) in [5.74, 6) is -1.50. The number of halogens is 2. The van der Waals surface area contributed by atoms with Crippen LogP contribution in [0.15, 0.2) is 60.8 Å². The number of rotatable bonds is 5. The van der Waals surface area contributed by atoms with Gasteiger partial charge < -0.3 is 15.4 Å². The minimum Gasteiger partial charge on any atom is -0.465 e. The molecular formula is C20H15ClFN3O3. The Kier molecular flexibility index (Phi) is 5.86. The molecule has 0 unspecified atom stereocenters. The van der Waals surface area contributed by atoms with Crippen molar-refractivity contribution in [2.24, 2.45) is 0 Å². The quantitative estimate of drug-likeness (QED) is 0.610. The number of carbonyl (C=O) groups is 2. The Hall–Kier alpha value is -3.45. The lowest BCUT2D eigenvalue weighted by atomic mass is 10.2. The van der Waals surface area contributed by atoms with Gasteiger partial charge in [-0.2, -0.15) is 0 Å². The van der Waals surface area contributed by atoms with Gasteiger partial charge in [-0.05, 0) is 48.5 Å². The van der Waals surface area contributed by atoms with E-state index in [2.05, 4.69) is 15.6 Å². The smallest absolute Gasteiger partial charge is 0.337 e. The molecule has 1 amide bonds. The molecule has 0 spiro atoms. The fourth-order valence-corrected chi connectivity index (χ4v) is 2.59. The second kappa shape index (κ2) is 8.49. The van der Waals surface area contributed by atoms with Crippen LogP contribution in [0.2, 0.25) is 5.02 Å². The maximum absolute atomic E-state index is 13.2. The number of benzene rings is 2. The van der Waals surface area contributed by atoms with E-state index in [1.54, 1.807) is 36.4 Å². The molecule has 0 aliphatic rings. The van der Waals surface area contributed by atoms with Crippen molar-refractivity contribution in [1.29, 1.82) is 0 Å². The highest BCUT2D eigenvalue weighted by Gasteiger charge is 2.11. The summed E-state index contributed by atoms with van der Waals surface area (Å²) in [6.45, 7) is 0. The fraction of sp³-hybridized carbons (Fsp3) is 0.0500. The monoisotopic (exact) mass is 399 g/mol. The topological polar surface area (TPSA) is 80.3 Å². The lowest BCUT2D eigenvalue weighted by Crippen LogP contribution is -2.14. The number of nitrogens with zero attached hydrogens (tertiary/aromatic N) is 1. The largest absolute Gasteiger partial charge is 0.465 e. The van der Waals surface area contributed by atoms with Crippen LogP contribution in [0.4, 0.5) is 21.5 Å². The van der Waals surface area contributed by atoms with Crippen molar-refractivity contribution in [3.8, 4) is 0 Å². The molecule has 142 valence electrons. The molecule has 8 heteroatoms. The summed E-state index contributed by atoms with van der Waals surface area (Å²) < 4.78 is 17.9. The molecule has 0 aliphatic heterocycles. The first kappa shape index (κ1) is 19.3. The van der Waals surface area contributed by atoms with Gasteiger partial charge in [0.15, 0.2) is 0 Å². The number of ether oxygens (including phenoxy) is 1. The molecule has 3 aromatic rings. The summed E-state index contributed by atoms with van der Waals surface area (Å²) in [5, 5.41) is 5.62. The van der Waals surface area contributed by atoms with Crippen LogP contribution in [0.1, 0.15) is 20.8 Å². The third kappa shape index (κ3) is 4.63. The number of hydrogen-bond donors (Lipinski definition) is 2. The predicted molar refractivity (Wildman–Crippen MR) is 105 cm³/mol. The van der Waals surface area contributed by atoms with E-state index in [1.807, 2.05) is 0 Å². The minimum atomic E-state index is -0.571. The second-order valence-corrected chi connectivity index (χ2v) is 6.12. The van der Waals surface area contributed by atoms with Crippen LogP contribution in [-0.2, 0) is 4.74 Å². The van der Waals surface area contributed by atoms with E-state index >= 15 is 0 Å². The number of amides is 1. The van der Waals surface area contributed by atoms with Crippen molar-refractivity contribution in [3.05, 3.63) is 82.9 Å². The van der Waals surface area contributed by atoms with Gasteiger partial charge in [-0.1, -0.05) is 17.7 Å². The van der Waals surface area contributed by atoms with E-state index in [9.17, 15) is 14.0 Å². The van der Waals surface area contributed by atoms with E-state index < -0.39 is 17.7 Å². The van der Waals surface area contributed by atoms with Crippen LogP contribution >= 0.6 is 11.6 Å². The van der Waals surface area contributed by atoms with Gasteiger partial charge in [0.2, 0.25) is 0 Å². The molecule has 0 radical (unpaired) electrons. The molecule has 6 nitrogen and oxygen atoms in total. The number of esters is 1. The Morgan fingerprint density at radius 1 is 1.04 bits per heavy atom. The molecule has 2 N–H and O–H groups in total. The predicted octanol–water partition coefficient (Wildman–Crippen LogP) is 4.66. The van der Waals surface area contributed by atoms with E-state index in [0.29, 0.717) is 22.6 Å². The second-order valence-electron chi connectivity index (χ2n) is 5.71. The number of carbonyl (C=O) groups excluding carboxylic acids is 2. The molecule has 0 bridgehead atoms. The molecule has 3 rings (SSSR count). The Balaban J connectivity index is 1.75. The van der Waals surface area contributed by atoms with Crippen LogP contribution in [0, 0.1) is 5.82 Å². The first-order valence-electron chi connectivity index (χ1n) is 8.14. The van der Waals surface area contributed by atoms with Gasteiger partial charge in [-0.3, -0.25) is 9.78 Å². The van der Waals surface area contributed by atoms with Gasteiger partial charge in [-0.25, -0.2) is 9.18 Å². The lowest BCUT2D eigenvalue weighted by molar-refractivity contribution is 0.0600. The van der Waals surface area contributed by atoms with E-state index in [0.717, 1.165) is 6.07 Å². The van der Waals surface area contributed by atoms with Crippen LogP contribution in [-0.4, -0.2) is 24.0 Å². The molecule has 0 saturated heterocycles.